The highest BCUT2D eigenvalue weighted by Crippen LogP contribution is 2.35. The number of fused-ring (bicyclic) bond motifs is 1. The number of nitrogens with one attached hydrogen (secondary N) is 1. The van der Waals surface area contributed by atoms with Crippen molar-refractivity contribution in [2.75, 3.05) is 6.61 Å². The molecule has 1 heterocycles. The van der Waals surface area contributed by atoms with Crippen molar-refractivity contribution in [3.63, 3.8) is 0 Å². The maximum absolute atomic E-state index is 11.8. The van der Waals surface area contributed by atoms with E-state index in [1.165, 1.54) is 0 Å². The molecule has 102 valence electrons. The number of amides is 1. The molecule has 1 saturated carbocycles. The summed E-state index contributed by atoms with van der Waals surface area (Å²) in [5.74, 6) is 1.11. The number of aliphatic hydroxyl groups excluding tert-OH is 1. The van der Waals surface area contributed by atoms with Crippen LogP contribution < -0.4 is 14.8 Å². The predicted octanol–water partition coefficient (Wildman–Crippen LogP) is 1.16. The molecule has 1 aromatic rings. The lowest BCUT2D eigenvalue weighted by molar-refractivity contribution is -0.127. The van der Waals surface area contributed by atoms with Crippen molar-refractivity contribution in [1.29, 1.82) is 0 Å². The van der Waals surface area contributed by atoms with E-state index in [1.54, 1.807) is 25.1 Å². The average Bonchev–Trinajstić information content (AvgIpc) is 3.13. The standard InChI is InChI=1S/C14H17NO4/c1-8(14(17)15-9-2-3-9)19-10-4-5-11-12(16)7-18-13(11)6-10/h4-6,8-9,12,16H,2-3,7H2,1H3,(H,15,17). The van der Waals surface area contributed by atoms with Crippen LogP contribution in [0.4, 0.5) is 0 Å². The van der Waals surface area contributed by atoms with Crippen LogP contribution >= 0.6 is 0 Å². The molecule has 2 atom stereocenters. The van der Waals surface area contributed by atoms with Crippen LogP contribution in [0.3, 0.4) is 0 Å². The Kier molecular flexibility index (Phi) is 3.06. The Hall–Kier alpha value is -1.75. The van der Waals surface area contributed by atoms with Crippen LogP contribution in [0.1, 0.15) is 31.4 Å². The summed E-state index contributed by atoms with van der Waals surface area (Å²) in [6, 6.07) is 5.56. The van der Waals surface area contributed by atoms with E-state index in [-0.39, 0.29) is 12.5 Å². The average molecular weight is 263 g/mol. The molecule has 2 unspecified atom stereocenters. The largest absolute Gasteiger partial charge is 0.490 e. The minimum absolute atomic E-state index is 0.0936. The van der Waals surface area contributed by atoms with Crippen molar-refractivity contribution in [3.8, 4) is 11.5 Å². The Labute approximate surface area is 111 Å². The molecule has 5 heteroatoms. The van der Waals surface area contributed by atoms with Gasteiger partial charge in [-0.25, -0.2) is 0 Å². The molecule has 2 aliphatic rings. The summed E-state index contributed by atoms with van der Waals surface area (Å²) in [5.41, 5.74) is 0.766. The number of carbonyl (C=O) groups is 1. The second-order valence-corrected chi connectivity index (χ2v) is 5.07. The lowest BCUT2D eigenvalue weighted by atomic mass is 10.1. The van der Waals surface area contributed by atoms with Gasteiger partial charge in [-0.3, -0.25) is 4.79 Å². The van der Waals surface area contributed by atoms with E-state index in [1.807, 2.05) is 0 Å². The van der Waals surface area contributed by atoms with E-state index in [0.717, 1.165) is 18.4 Å². The van der Waals surface area contributed by atoms with Crippen molar-refractivity contribution >= 4 is 5.91 Å². The highest BCUT2D eigenvalue weighted by Gasteiger charge is 2.27. The number of hydrogen-bond donors (Lipinski definition) is 2. The van der Waals surface area contributed by atoms with Crippen LogP contribution in [-0.4, -0.2) is 29.8 Å². The number of carbonyl (C=O) groups excluding carboxylic acids is 1. The van der Waals surface area contributed by atoms with Crippen LogP contribution in [0.5, 0.6) is 11.5 Å². The van der Waals surface area contributed by atoms with Crippen molar-refractivity contribution in [1.82, 2.24) is 5.32 Å². The first-order chi connectivity index (χ1) is 9.13. The second kappa shape index (κ2) is 4.74. The summed E-state index contributed by atoms with van der Waals surface area (Å²) in [6.45, 7) is 2.00. The van der Waals surface area contributed by atoms with E-state index >= 15 is 0 Å². The van der Waals surface area contributed by atoms with E-state index in [9.17, 15) is 9.90 Å². The first-order valence-electron chi connectivity index (χ1n) is 6.55. The third-order valence-electron chi connectivity index (χ3n) is 3.35. The van der Waals surface area contributed by atoms with Crippen LogP contribution in [0.15, 0.2) is 18.2 Å². The summed E-state index contributed by atoms with van der Waals surface area (Å²) in [5, 5.41) is 12.5. The number of aliphatic hydroxyl groups is 1. The van der Waals surface area contributed by atoms with Gasteiger partial charge in [0.15, 0.2) is 6.10 Å². The monoisotopic (exact) mass is 263 g/mol. The van der Waals surface area contributed by atoms with Crippen LogP contribution in [0.25, 0.3) is 0 Å². The Bertz CT molecular complexity index is 498. The van der Waals surface area contributed by atoms with Crippen LogP contribution in [0.2, 0.25) is 0 Å². The van der Waals surface area contributed by atoms with Gasteiger partial charge in [0, 0.05) is 17.7 Å². The highest BCUT2D eigenvalue weighted by atomic mass is 16.5. The van der Waals surface area contributed by atoms with Gasteiger partial charge in [0.1, 0.15) is 24.2 Å². The fourth-order valence-electron chi connectivity index (χ4n) is 2.05. The van der Waals surface area contributed by atoms with Gasteiger partial charge in [-0.15, -0.1) is 0 Å². The van der Waals surface area contributed by atoms with Gasteiger partial charge >= 0.3 is 0 Å². The molecule has 19 heavy (non-hydrogen) atoms. The van der Waals surface area contributed by atoms with Gasteiger partial charge in [0.2, 0.25) is 0 Å². The van der Waals surface area contributed by atoms with E-state index in [0.29, 0.717) is 17.5 Å². The molecular formula is C14H17NO4. The minimum atomic E-state index is -0.570. The van der Waals surface area contributed by atoms with E-state index < -0.39 is 12.2 Å². The van der Waals surface area contributed by atoms with Crippen molar-refractivity contribution in [3.05, 3.63) is 23.8 Å². The van der Waals surface area contributed by atoms with Gasteiger partial charge in [0.05, 0.1) is 0 Å². The molecule has 0 aromatic heterocycles. The van der Waals surface area contributed by atoms with Crippen molar-refractivity contribution in [2.24, 2.45) is 0 Å². The van der Waals surface area contributed by atoms with Crippen LogP contribution in [-0.2, 0) is 4.79 Å². The molecule has 5 nitrogen and oxygen atoms in total. The number of benzene rings is 1. The Morgan fingerprint density at radius 1 is 1.53 bits per heavy atom. The van der Waals surface area contributed by atoms with E-state index in [4.69, 9.17) is 9.47 Å². The smallest absolute Gasteiger partial charge is 0.260 e. The molecule has 2 N–H and O–H groups in total. The first kappa shape index (κ1) is 12.3. The van der Waals surface area contributed by atoms with Crippen molar-refractivity contribution in [2.45, 2.75) is 38.0 Å². The maximum atomic E-state index is 11.8. The van der Waals surface area contributed by atoms with Gasteiger partial charge in [-0.05, 0) is 31.9 Å². The lowest BCUT2D eigenvalue weighted by Gasteiger charge is -2.15. The third kappa shape index (κ3) is 2.66. The fraction of sp³-hybridized carbons (Fsp3) is 0.500. The molecule has 1 aromatic carbocycles. The van der Waals surface area contributed by atoms with Gasteiger partial charge in [-0.1, -0.05) is 0 Å². The number of rotatable bonds is 4. The molecule has 0 radical (unpaired) electrons. The topological polar surface area (TPSA) is 67.8 Å². The molecule has 1 fully saturated rings. The molecule has 1 aliphatic heterocycles. The quantitative estimate of drug-likeness (QED) is 0.855. The molecule has 3 rings (SSSR count). The third-order valence-corrected chi connectivity index (χ3v) is 3.35. The van der Waals surface area contributed by atoms with Crippen molar-refractivity contribution < 1.29 is 19.4 Å². The zero-order valence-electron chi connectivity index (χ0n) is 10.8. The number of ether oxygens (including phenoxy) is 2. The summed E-state index contributed by atoms with van der Waals surface area (Å²) in [7, 11) is 0. The molecule has 1 aliphatic carbocycles. The molecule has 1 amide bonds. The summed E-state index contributed by atoms with van der Waals surface area (Å²) < 4.78 is 10.9. The normalized spacial score (nSPS) is 22.3. The summed E-state index contributed by atoms with van der Waals surface area (Å²) in [4.78, 5) is 11.8. The van der Waals surface area contributed by atoms with Gasteiger partial charge in [-0.2, -0.15) is 0 Å². The zero-order valence-corrected chi connectivity index (χ0v) is 10.8. The molecule has 0 bridgehead atoms. The fourth-order valence-corrected chi connectivity index (χ4v) is 2.05. The summed E-state index contributed by atoms with van der Waals surface area (Å²) >= 11 is 0. The first-order valence-corrected chi connectivity index (χ1v) is 6.55. The Balaban J connectivity index is 1.64. The van der Waals surface area contributed by atoms with Gasteiger partial charge in [0.25, 0.3) is 5.91 Å². The predicted molar refractivity (Wildman–Crippen MR) is 68.2 cm³/mol. The van der Waals surface area contributed by atoms with E-state index in [2.05, 4.69) is 5.32 Å². The Morgan fingerprint density at radius 3 is 3.05 bits per heavy atom. The Morgan fingerprint density at radius 2 is 2.32 bits per heavy atom. The SMILES string of the molecule is CC(Oc1ccc2c(c1)OCC2O)C(=O)NC1CC1. The van der Waals surface area contributed by atoms with Crippen LogP contribution in [0, 0.1) is 0 Å². The molecular weight excluding hydrogens is 246 g/mol. The highest BCUT2D eigenvalue weighted by molar-refractivity contribution is 5.81. The number of hydrogen-bond acceptors (Lipinski definition) is 4. The van der Waals surface area contributed by atoms with Gasteiger partial charge < -0.3 is 19.9 Å². The maximum Gasteiger partial charge on any atom is 0.260 e. The second-order valence-electron chi connectivity index (χ2n) is 5.07. The molecule has 0 spiro atoms. The molecule has 0 saturated heterocycles. The summed E-state index contributed by atoms with van der Waals surface area (Å²) in [6.07, 6.45) is 1.01. The zero-order chi connectivity index (χ0) is 13.4. The lowest BCUT2D eigenvalue weighted by Crippen LogP contribution is -2.37. The minimum Gasteiger partial charge on any atom is -0.490 e.